The third-order valence-corrected chi connectivity index (χ3v) is 5.53. The number of hydrogen-bond acceptors (Lipinski definition) is 6. The third-order valence-electron chi connectivity index (χ3n) is 5.31. The van der Waals surface area contributed by atoms with Gasteiger partial charge in [-0.25, -0.2) is 4.79 Å². The lowest BCUT2D eigenvalue weighted by Crippen LogP contribution is -2.54. The van der Waals surface area contributed by atoms with Gasteiger partial charge >= 0.3 is 6.09 Å². The third kappa shape index (κ3) is 4.05. The number of fused-ring (bicyclic) bond motifs is 1. The van der Waals surface area contributed by atoms with Crippen LogP contribution in [0, 0.1) is 0 Å². The standard InChI is InChI=1S/C21H27ClN4O4/c1-13-12-24(20(28)30-21(2,3)4)8-9-25(13)19-23-15-10-14(22)11-16(18(15)29-19)26-7-5-6-17(26)27/h10-11,13H,5-9,12H2,1-4H3. The molecule has 2 aromatic rings. The average Bonchev–Trinajstić information content (AvgIpc) is 3.25. The lowest BCUT2D eigenvalue weighted by atomic mass is 10.2. The van der Waals surface area contributed by atoms with E-state index in [1.807, 2.05) is 32.6 Å². The summed E-state index contributed by atoms with van der Waals surface area (Å²) >= 11 is 6.29. The van der Waals surface area contributed by atoms with Crippen LogP contribution in [0.15, 0.2) is 16.5 Å². The summed E-state index contributed by atoms with van der Waals surface area (Å²) in [4.78, 5) is 34.7. The molecule has 4 rings (SSSR count). The van der Waals surface area contributed by atoms with Crippen LogP contribution in [0.1, 0.15) is 40.5 Å². The molecule has 1 atom stereocenters. The molecule has 0 bridgehead atoms. The average molecular weight is 435 g/mol. The van der Waals surface area contributed by atoms with E-state index in [9.17, 15) is 9.59 Å². The topological polar surface area (TPSA) is 79.1 Å². The first-order valence-corrected chi connectivity index (χ1v) is 10.7. The summed E-state index contributed by atoms with van der Waals surface area (Å²) < 4.78 is 11.6. The van der Waals surface area contributed by atoms with Crippen LogP contribution in [0.2, 0.25) is 5.02 Å². The largest absolute Gasteiger partial charge is 0.444 e. The highest BCUT2D eigenvalue weighted by atomic mass is 35.5. The molecule has 9 heteroatoms. The Labute approximate surface area is 180 Å². The number of oxazole rings is 1. The maximum absolute atomic E-state index is 12.4. The van der Waals surface area contributed by atoms with Crippen LogP contribution in [-0.4, -0.2) is 59.7 Å². The molecule has 1 aromatic carbocycles. The van der Waals surface area contributed by atoms with E-state index in [-0.39, 0.29) is 18.0 Å². The van der Waals surface area contributed by atoms with Crippen molar-refractivity contribution in [3.05, 3.63) is 17.2 Å². The van der Waals surface area contributed by atoms with Gasteiger partial charge in [0.25, 0.3) is 6.01 Å². The first-order valence-electron chi connectivity index (χ1n) is 10.3. The molecular formula is C21H27ClN4O4. The van der Waals surface area contributed by atoms with Gasteiger partial charge in [-0.05, 0) is 46.2 Å². The van der Waals surface area contributed by atoms with Crippen LogP contribution in [0.3, 0.4) is 0 Å². The van der Waals surface area contributed by atoms with Gasteiger partial charge in [0, 0.05) is 43.7 Å². The van der Waals surface area contributed by atoms with E-state index < -0.39 is 5.60 Å². The van der Waals surface area contributed by atoms with Gasteiger partial charge in [0.1, 0.15) is 11.1 Å². The molecule has 2 saturated heterocycles. The molecule has 0 saturated carbocycles. The molecule has 2 aliphatic rings. The molecule has 1 aromatic heterocycles. The molecule has 3 heterocycles. The lowest BCUT2D eigenvalue weighted by molar-refractivity contribution is -0.117. The number of amides is 2. The number of carbonyl (C=O) groups is 2. The van der Waals surface area contributed by atoms with Gasteiger partial charge in [-0.3, -0.25) is 4.79 Å². The number of benzene rings is 1. The summed E-state index contributed by atoms with van der Waals surface area (Å²) in [5.41, 5.74) is 1.32. The van der Waals surface area contributed by atoms with Gasteiger partial charge in [-0.2, -0.15) is 4.98 Å². The van der Waals surface area contributed by atoms with E-state index in [4.69, 9.17) is 20.8 Å². The summed E-state index contributed by atoms with van der Waals surface area (Å²) in [6.07, 6.45) is 1.03. The van der Waals surface area contributed by atoms with E-state index in [1.165, 1.54) is 0 Å². The van der Waals surface area contributed by atoms with Gasteiger partial charge in [-0.1, -0.05) is 11.6 Å². The minimum atomic E-state index is -0.527. The van der Waals surface area contributed by atoms with Crippen molar-refractivity contribution in [2.45, 2.75) is 52.2 Å². The predicted molar refractivity (Wildman–Crippen MR) is 115 cm³/mol. The number of nitrogens with zero attached hydrogens (tertiary/aromatic N) is 4. The van der Waals surface area contributed by atoms with Gasteiger partial charge in [0.15, 0.2) is 5.58 Å². The van der Waals surface area contributed by atoms with Gasteiger partial charge < -0.3 is 23.9 Å². The van der Waals surface area contributed by atoms with Crippen LogP contribution in [-0.2, 0) is 9.53 Å². The highest BCUT2D eigenvalue weighted by molar-refractivity contribution is 6.32. The maximum atomic E-state index is 12.4. The van der Waals surface area contributed by atoms with Crippen molar-refractivity contribution in [2.75, 3.05) is 36.0 Å². The number of halogens is 1. The summed E-state index contributed by atoms with van der Waals surface area (Å²) in [5.74, 6) is 0.0656. The number of rotatable bonds is 2. The van der Waals surface area contributed by atoms with E-state index >= 15 is 0 Å². The van der Waals surface area contributed by atoms with E-state index in [1.54, 1.807) is 21.9 Å². The fourth-order valence-electron chi connectivity index (χ4n) is 3.93. The Morgan fingerprint density at radius 1 is 1.27 bits per heavy atom. The zero-order valence-corrected chi connectivity index (χ0v) is 18.5. The summed E-state index contributed by atoms with van der Waals surface area (Å²) in [7, 11) is 0. The minimum Gasteiger partial charge on any atom is -0.444 e. The normalized spacial score (nSPS) is 20.4. The monoisotopic (exact) mass is 434 g/mol. The van der Waals surface area contributed by atoms with E-state index in [0.29, 0.717) is 60.4 Å². The molecule has 0 spiro atoms. The zero-order chi connectivity index (χ0) is 21.6. The molecule has 2 amide bonds. The van der Waals surface area contributed by atoms with Crippen LogP contribution >= 0.6 is 11.6 Å². The summed E-state index contributed by atoms with van der Waals surface area (Å²) in [6.45, 7) is 9.82. The lowest BCUT2D eigenvalue weighted by Gasteiger charge is -2.39. The van der Waals surface area contributed by atoms with Crippen molar-refractivity contribution < 1.29 is 18.7 Å². The summed E-state index contributed by atoms with van der Waals surface area (Å²) in [6, 6.07) is 3.96. The molecule has 0 N–H and O–H groups in total. The smallest absolute Gasteiger partial charge is 0.410 e. The fraction of sp³-hybridized carbons (Fsp3) is 0.571. The molecule has 162 valence electrons. The molecular weight excluding hydrogens is 408 g/mol. The molecule has 0 radical (unpaired) electrons. The first-order chi connectivity index (χ1) is 14.1. The van der Waals surface area contributed by atoms with Gasteiger partial charge in [0.05, 0.1) is 5.69 Å². The zero-order valence-electron chi connectivity index (χ0n) is 17.8. The molecule has 30 heavy (non-hydrogen) atoms. The Morgan fingerprint density at radius 2 is 2.03 bits per heavy atom. The Kier molecular flexibility index (Phi) is 5.30. The second-order valence-electron chi connectivity index (χ2n) is 8.89. The number of carbonyl (C=O) groups excluding carboxylic acids is 2. The second kappa shape index (κ2) is 7.65. The Bertz CT molecular complexity index is 983. The van der Waals surface area contributed by atoms with Crippen LogP contribution < -0.4 is 9.80 Å². The number of hydrogen-bond donors (Lipinski definition) is 0. The van der Waals surface area contributed by atoms with Crippen molar-refractivity contribution in [1.29, 1.82) is 0 Å². The molecule has 2 fully saturated rings. The second-order valence-corrected chi connectivity index (χ2v) is 9.32. The highest BCUT2D eigenvalue weighted by Crippen LogP contribution is 2.36. The van der Waals surface area contributed by atoms with Crippen molar-refractivity contribution >= 4 is 46.4 Å². The Morgan fingerprint density at radius 3 is 2.67 bits per heavy atom. The number of piperazine rings is 1. The first kappa shape index (κ1) is 20.8. The molecule has 8 nitrogen and oxygen atoms in total. The van der Waals surface area contributed by atoms with Gasteiger partial charge in [0.2, 0.25) is 5.91 Å². The molecule has 1 unspecified atom stereocenters. The van der Waals surface area contributed by atoms with Crippen molar-refractivity contribution in [2.24, 2.45) is 0 Å². The molecule has 2 aliphatic heterocycles. The van der Waals surface area contributed by atoms with Crippen molar-refractivity contribution in [3.63, 3.8) is 0 Å². The SMILES string of the molecule is CC1CN(C(=O)OC(C)(C)C)CCN1c1nc2cc(Cl)cc(N3CCCC3=O)c2o1. The highest BCUT2D eigenvalue weighted by Gasteiger charge is 2.33. The van der Waals surface area contributed by atoms with E-state index in [0.717, 1.165) is 6.42 Å². The summed E-state index contributed by atoms with van der Waals surface area (Å²) in [5, 5.41) is 0.514. The molecule has 0 aliphatic carbocycles. The van der Waals surface area contributed by atoms with Crippen molar-refractivity contribution in [3.8, 4) is 0 Å². The maximum Gasteiger partial charge on any atom is 0.410 e. The van der Waals surface area contributed by atoms with Crippen LogP contribution in [0.4, 0.5) is 16.5 Å². The van der Waals surface area contributed by atoms with Crippen molar-refractivity contribution in [1.82, 2.24) is 9.88 Å². The van der Waals surface area contributed by atoms with Gasteiger partial charge in [-0.15, -0.1) is 0 Å². The Hall–Kier alpha value is -2.48. The number of ether oxygens (including phenoxy) is 1. The van der Waals surface area contributed by atoms with Crippen LogP contribution in [0.5, 0.6) is 0 Å². The minimum absolute atomic E-state index is 0.00771. The predicted octanol–water partition coefficient (Wildman–Crippen LogP) is 4.05. The Balaban J connectivity index is 1.57. The number of anilines is 2. The van der Waals surface area contributed by atoms with Crippen LogP contribution in [0.25, 0.3) is 11.1 Å². The van der Waals surface area contributed by atoms with E-state index in [2.05, 4.69) is 4.98 Å². The fourth-order valence-corrected chi connectivity index (χ4v) is 4.14. The quantitative estimate of drug-likeness (QED) is 0.709. The number of aromatic nitrogens is 1.